The van der Waals surface area contributed by atoms with Crippen molar-refractivity contribution in [1.29, 1.82) is 0 Å². The number of rotatable bonds is 4. The number of nitrogens with one attached hydrogen (secondary N) is 1. The summed E-state index contributed by atoms with van der Waals surface area (Å²) in [5.74, 6) is 1.68. The van der Waals surface area contributed by atoms with Crippen LogP contribution in [0.3, 0.4) is 0 Å². The molecule has 2 aliphatic heterocycles. The molecule has 23 heavy (non-hydrogen) atoms. The van der Waals surface area contributed by atoms with Crippen LogP contribution in [0.5, 0.6) is 11.5 Å². The number of aromatic nitrogens is 2. The fourth-order valence-electron chi connectivity index (χ4n) is 3.07. The molecule has 0 spiro atoms. The monoisotopic (exact) mass is 316 g/mol. The molecule has 0 saturated carbocycles. The topological polar surface area (TPSA) is 72.7 Å². The summed E-state index contributed by atoms with van der Waals surface area (Å²) in [6.07, 6.45) is 2.19. The minimum Gasteiger partial charge on any atom is -0.454 e. The van der Waals surface area contributed by atoms with Crippen LogP contribution >= 0.6 is 0 Å². The number of hydrogen-bond donors (Lipinski definition) is 1. The second-order valence-electron chi connectivity index (χ2n) is 5.98. The Hall–Kier alpha value is -2.28. The van der Waals surface area contributed by atoms with Gasteiger partial charge in [0.25, 0.3) is 0 Å². The van der Waals surface area contributed by atoms with E-state index in [2.05, 4.69) is 32.7 Å². The largest absolute Gasteiger partial charge is 0.454 e. The number of nitrogens with zero attached hydrogens (tertiary/aromatic N) is 3. The first-order valence-corrected chi connectivity index (χ1v) is 7.95. The Kier molecular flexibility index (Phi) is 3.78. The summed E-state index contributed by atoms with van der Waals surface area (Å²) in [4.78, 5) is 2.39. The van der Waals surface area contributed by atoms with E-state index < -0.39 is 0 Å². The van der Waals surface area contributed by atoms with Gasteiger partial charge in [-0.2, -0.15) is 0 Å². The summed E-state index contributed by atoms with van der Waals surface area (Å²) < 4.78 is 15.6. The quantitative estimate of drug-likeness (QED) is 0.923. The first-order chi connectivity index (χ1) is 11.3. The molecule has 7 nitrogen and oxygen atoms in total. The smallest absolute Gasteiger partial charge is 0.231 e. The van der Waals surface area contributed by atoms with Crippen molar-refractivity contribution in [3.63, 3.8) is 0 Å². The minimum atomic E-state index is 0.321. The van der Waals surface area contributed by atoms with Crippen LogP contribution in [0.25, 0.3) is 0 Å². The van der Waals surface area contributed by atoms with Gasteiger partial charge in [-0.1, -0.05) is 10.3 Å². The van der Waals surface area contributed by atoms with Crippen molar-refractivity contribution in [3.8, 4) is 11.5 Å². The highest BCUT2D eigenvalue weighted by Gasteiger charge is 2.22. The van der Waals surface area contributed by atoms with Crippen molar-refractivity contribution in [2.24, 2.45) is 0 Å². The van der Waals surface area contributed by atoms with Crippen LogP contribution in [0.1, 0.15) is 24.2 Å². The molecule has 1 saturated heterocycles. The molecule has 0 atom stereocenters. The number of piperidine rings is 1. The van der Waals surface area contributed by atoms with E-state index in [0.29, 0.717) is 19.4 Å². The van der Waals surface area contributed by atoms with E-state index in [4.69, 9.17) is 14.1 Å². The average molecular weight is 316 g/mol. The Balaban J connectivity index is 1.31. The fraction of sp³-hybridized carbons (Fsp3) is 0.500. The predicted molar refractivity (Wildman–Crippen MR) is 83.7 cm³/mol. The van der Waals surface area contributed by atoms with Gasteiger partial charge in [0.05, 0.1) is 0 Å². The molecule has 1 N–H and O–H groups in total. The lowest BCUT2D eigenvalue weighted by atomic mass is 10.0. The molecular formula is C16H20N4O3. The number of ether oxygens (including phenoxy) is 2. The Bertz CT molecular complexity index is 680. The first-order valence-electron chi connectivity index (χ1n) is 7.95. The molecule has 0 aliphatic carbocycles. The van der Waals surface area contributed by atoms with Gasteiger partial charge in [0.1, 0.15) is 11.4 Å². The molecule has 7 heteroatoms. The first kappa shape index (κ1) is 14.3. The van der Waals surface area contributed by atoms with Crippen molar-refractivity contribution in [2.45, 2.75) is 32.4 Å². The van der Waals surface area contributed by atoms with Gasteiger partial charge < -0.3 is 19.7 Å². The molecule has 0 amide bonds. The van der Waals surface area contributed by atoms with Crippen LogP contribution in [-0.2, 0) is 6.54 Å². The van der Waals surface area contributed by atoms with Crippen LogP contribution in [0, 0.1) is 6.92 Å². The summed E-state index contributed by atoms with van der Waals surface area (Å²) >= 11 is 0. The molecule has 0 unspecified atom stereocenters. The lowest BCUT2D eigenvalue weighted by molar-refractivity contribution is 0.174. The zero-order valence-corrected chi connectivity index (χ0v) is 13.1. The second kappa shape index (κ2) is 6.08. The van der Waals surface area contributed by atoms with Crippen molar-refractivity contribution in [3.05, 3.63) is 29.6 Å². The third kappa shape index (κ3) is 2.96. The highest BCUT2D eigenvalue weighted by Crippen LogP contribution is 2.36. The number of benzene rings is 1. The zero-order valence-electron chi connectivity index (χ0n) is 13.1. The van der Waals surface area contributed by atoms with Crippen molar-refractivity contribution in [2.75, 3.05) is 24.8 Å². The van der Waals surface area contributed by atoms with Gasteiger partial charge in [-0.05, 0) is 31.9 Å². The lowest BCUT2D eigenvalue weighted by Crippen LogP contribution is -2.42. The van der Waals surface area contributed by atoms with Crippen LogP contribution < -0.4 is 19.7 Å². The van der Waals surface area contributed by atoms with Gasteiger partial charge >= 0.3 is 0 Å². The summed E-state index contributed by atoms with van der Waals surface area (Å²) in [6, 6.07) is 6.66. The van der Waals surface area contributed by atoms with E-state index in [0.717, 1.165) is 48.8 Å². The molecule has 4 rings (SSSR count). The molecule has 2 aromatic rings. The molecule has 1 aromatic heterocycles. The van der Waals surface area contributed by atoms with Crippen LogP contribution in [-0.4, -0.2) is 36.2 Å². The number of anilines is 1. The highest BCUT2D eigenvalue weighted by atomic mass is 16.7. The summed E-state index contributed by atoms with van der Waals surface area (Å²) in [6.45, 7) is 4.99. The molecule has 3 heterocycles. The Morgan fingerprint density at radius 2 is 2.00 bits per heavy atom. The third-order valence-electron chi connectivity index (χ3n) is 4.52. The van der Waals surface area contributed by atoms with Crippen molar-refractivity contribution < 1.29 is 14.1 Å². The van der Waals surface area contributed by atoms with Crippen molar-refractivity contribution >= 4 is 5.69 Å². The fourth-order valence-corrected chi connectivity index (χ4v) is 3.07. The van der Waals surface area contributed by atoms with E-state index in [1.807, 2.05) is 13.0 Å². The Morgan fingerprint density at radius 3 is 2.78 bits per heavy atom. The number of hydrogen-bond acceptors (Lipinski definition) is 7. The van der Waals surface area contributed by atoms with Gasteiger partial charge in [-0.25, -0.2) is 4.63 Å². The molecule has 122 valence electrons. The molecular weight excluding hydrogens is 296 g/mol. The predicted octanol–water partition coefficient (Wildman–Crippen LogP) is 1.87. The van der Waals surface area contributed by atoms with E-state index in [9.17, 15) is 0 Å². The average Bonchev–Trinajstić information content (AvgIpc) is 3.21. The molecule has 1 aromatic carbocycles. The maximum atomic E-state index is 5.46. The van der Waals surface area contributed by atoms with Gasteiger partial charge in [0, 0.05) is 37.4 Å². The SMILES string of the molecule is Cc1nonc1CNC1CCN(c2ccc3c(c2)OCO3)CC1. The Morgan fingerprint density at radius 1 is 1.17 bits per heavy atom. The lowest BCUT2D eigenvalue weighted by Gasteiger charge is -2.34. The maximum absolute atomic E-state index is 5.46. The third-order valence-corrected chi connectivity index (χ3v) is 4.52. The minimum absolute atomic E-state index is 0.321. The highest BCUT2D eigenvalue weighted by molar-refractivity contribution is 5.57. The van der Waals surface area contributed by atoms with Gasteiger partial charge in [-0.15, -0.1) is 0 Å². The normalized spacial score (nSPS) is 17.7. The van der Waals surface area contributed by atoms with Gasteiger partial charge in [0.2, 0.25) is 6.79 Å². The zero-order chi connectivity index (χ0) is 15.6. The maximum Gasteiger partial charge on any atom is 0.231 e. The number of fused-ring (bicyclic) bond motifs is 1. The van der Waals surface area contributed by atoms with E-state index in [-0.39, 0.29) is 0 Å². The van der Waals surface area contributed by atoms with Gasteiger partial charge in [-0.3, -0.25) is 0 Å². The molecule has 0 bridgehead atoms. The van der Waals surface area contributed by atoms with Crippen LogP contribution in [0.4, 0.5) is 5.69 Å². The Labute approximate surface area is 134 Å². The van der Waals surface area contributed by atoms with Gasteiger partial charge in [0.15, 0.2) is 11.5 Å². The van der Waals surface area contributed by atoms with E-state index in [1.165, 1.54) is 5.69 Å². The van der Waals surface area contributed by atoms with E-state index in [1.54, 1.807) is 0 Å². The second-order valence-corrected chi connectivity index (χ2v) is 5.98. The summed E-state index contributed by atoms with van der Waals surface area (Å²) in [7, 11) is 0. The molecule has 2 aliphatic rings. The standard InChI is InChI=1S/C16H20N4O3/c1-11-14(19-23-18-11)9-17-12-4-6-20(7-5-12)13-2-3-15-16(8-13)22-10-21-15/h2-3,8,12,17H,4-7,9-10H2,1H3. The van der Waals surface area contributed by atoms with E-state index >= 15 is 0 Å². The van der Waals surface area contributed by atoms with Crippen molar-refractivity contribution in [1.82, 2.24) is 15.6 Å². The molecule has 0 radical (unpaired) electrons. The summed E-state index contributed by atoms with van der Waals surface area (Å²) in [5.41, 5.74) is 2.95. The number of aryl methyl sites for hydroxylation is 1. The molecule has 1 fully saturated rings. The van der Waals surface area contributed by atoms with Crippen LogP contribution in [0.2, 0.25) is 0 Å². The summed E-state index contributed by atoms with van der Waals surface area (Å²) in [5, 5.41) is 11.3. The van der Waals surface area contributed by atoms with Crippen LogP contribution in [0.15, 0.2) is 22.8 Å².